The van der Waals surface area contributed by atoms with Crippen LogP contribution in [0.25, 0.3) is 88.0 Å². The van der Waals surface area contributed by atoms with Crippen molar-refractivity contribution >= 4 is 32.3 Å². The lowest BCUT2D eigenvalue weighted by molar-refractivity contribution is 1.58. The van der Waals surface area contributed by atoms with Crippen LogP contribution in [0.4, 0.5) is 0 Å². The maximum absolute atomic E-state index is 10.1. The number of hydrogen-bond donors (Lipinski definition) is 0. The van der Waals surface area contributed by atoms with Crippen molar-refractivity contribution in [3.05, 3.63) is 194 Å². The molecule has 0 saturated heterocycles. The van der Waals surface area contributed by atoms with Gasteiger partial charge in [-0.3, -0.25) is 0 Å². The van der Waals surface area contributed by atoms with Crippen LogP contribution in [0.3, 0.4) is 0 Å². The summed E-state index contributed by atoms with van der Waals surface area (Å²) in [4.78, 5) is 0. The van der Waals surface area contributed by atoms with Crippen LogP contribution >= 0.6 is 0 Å². The van der Waals surface area contributed by atoms with Crippen molar-refractivity contribution in [2.45, 2.75) is 0 Å². The van der Waals surface area contributed by atoms with Crippen molar-refractivity contribution in [2.24, 2.45) is 0 Å². The fraction of sp³-hybridized carbons (Fsp3) is 0. The molecule has 0 amide bonds. The average molecular weight is 616 g/mol. The number of hydrogen-bond acceptors (Lipinski definition) is 0. The lowest BCUT2D eigenvalue weighted by atomic mass is 9.82. The van der Waals surface area contributed by atoms with Crippen LogP contribution in [0.2, 0.25) is 0 Å². The Morgan fingerprint density at radius 1 is 0.312 bits per heavy atom. The van der Waals surface area contributed by atoms with Gasteiger partial charge in [0.05, 0.1) is 9.60 Å². The van der Waals surface area contributed by atoms with Gasteiger partial charge < -0.3 is 0 Å². The molecule has 0 aliphatic rings. The van der Waals surface area contributed by atoms with Gasteiger partial charge >= 0.3 is 0 Å². The van der Waals surface area contributed by atoms with Gasteiger partial charge in [-0.2, -0.15) is 0 Å². The van der Waals surface area contributed by atoms with Gasteiger partial charge in [0.2, 0.25) is 0 Å². The van der Waals surface area contributed by atoms with Gasteiger partial charge in [-0.1, -0.05) is 170 Å². The van der Waals surface area contributed by atoms with Crippen LogP contribution < -0.4 is 0 Å². The molecule has 0 saturated carbocycles. The van der Waals surface area contributed by atoms with Crippen LogP contribution in [-0.4, -0.2) is 0 Å². The summed E-state index contributed by atoms with van der Waals surface area (Å²) in [7, 11) is 0. The van der Waals surface area contributed by atoms with E-state index in [9.17, 15) is 6.85 Å². The molecule has 0 aliphatic carbocycles. The Bertz CT molecular complexity index is 2910. The second kappa shape index (κ2) is 11.8. The van der Waals surface area contributed by atoms with Crippen molar-refractivity contribution in [3.63, 3.8) is 0 Å². The second-order valence-corrected chi connectivity index (χ2v) is 11.9. The van der Waals surface area contributed by atoms with E-state index in [-0.39, 0.29) is 52.6 Å². The first-order valence-corrected chi connectivity index (χ1v) is 16.0. The molecule has 0 bridgehead atoms. The summed E-state index contributed by atoms with van der Waals surface area (Å²) in [5.74, 6) is 0. The van der Waals surface area contributed by atoms with E-state index in [0.717, 1.165) is 33.0 Å². The average Bonchev–Trinajstić information content (AvgIpc) is 3.23. The highest BCUT2D eigenvalue weighted by Gasteiger charge is 2.20. The molecule has 9 aromatic rings. The van der Waals surface area contributed by atoms with Crippen LogP contribution in [0, 0.1) is 0 Å². The number of fused-ring (bicyclic) bond motifs is 3. The minimum absolute atomic E-state index is 0.0133. The van der Waals surface area contributed by atoms with E-state index < -0.39 is 6.04 Å². The molecule has 0 aliphatic heterocycles. The summed E-state index contributed by atoms with van der Waals surface area (Å²) >= 11 is 0. The highest BCUT2D eigenvalue weighted by atomic mass is 14.2. The summed E-state index contributed by atoms with van der Waals surface area (Å²) in [5, 5.41) is 2.90. The van der Waals surface area contributed by atoms with Crippen molar-refractivity contribution in [3.8, 4) is 55.6 Å². The van der Waals surface area contributed by atoms with E-state index in [2.05, 4.69) is 6.07 Å². The summed E-state index contributed by atoms with van der Waals surface area (Å²) < 4.78 is 66.4. The Morgan fingerprint density at radius 3 is 1.46 bits per heavy atom. The molecule has 9 rings (SSSR count). The highest BCUT2D eigenvalue weighted by molar-refractivity contribution is 6.24. The Hall–Kier alpha value is -6.24. The minimum Gasteiger partial charge on any atom is -0.0622 e. The van der Waals surface area contributed by atoms with Gasteiger partial charge in [0, 0.05) is 0 Å². The molecular formula is C48H32. The van der Waals surface area contributed by atoms with Gasteiger partial charge in [0.1, 0.15) is 0 Å². The highest BCUT2D eigenvalue weighted by Crippen LogP contribution is 2.47. The molecule has 9 aromatic carbocycles. The predicted octanol–water partition coefficient (Wildman–Crippen LogP) is 13.5. The third kappa shape index (κ3) is 4.87. The standard InChI is InChI=1S/C48H32/c1-4-15-33(16-5-1)37-27-28-45-46(32-37)47(40-30-38(34-17-6-2-7-18-34)29-39(31-40)35-19-8-3-9-20-35)43-24-12-13-25-44(43)48(45)42-26-14-22-36-21-10-11-23-41(36)42/h1-32H/i12D,13D,24D,25D,27D,28D,32D. The molecule has 224 valence electrons. The van der Waals surface area contributed by atoms with E-state index in [1.54, 1.807) is 0 Å². The topological polar surface area (TPSA) is 0 Å². The normalized spacial score (nSPS) is 13.4. The fourth-order valence-electron chi connectivity index (χ4n) is 6.84. The molecule has 0 aromatic heterocycles. The molecule has 0 nitrogen and oxygen atoms in total. The zero-order valence-electron chi connectivity index (χ0n) is 32.9. The largest absolute Gasteiger partial charge is 0.0636 e. The monoisotopic (exact) mass is 615 g/mol. The molecule has 0 spiro atoms. The van der Waals surface area contributed by atoms with Crippen molar-refractivity contribution in [2.75, 3.05) is 0 Å². The second-order valence-electron chi connectivity index (χ2n) is 11.9. The molecule has 0 heteroatoms. The van der Waals surface area contributed by atoms with E-state index in [1.807, 2.05) is 146 Å². The summed E-state index contributed by atoms with van der Waals surface area (Å²) in [6.07, 6.45) is 0. The van der Waals surface area contributed by atoms with Crippen LogP contribution in [0.5, 0.6) is 0 Å². The summed E-state index contributed by atoms with van der Waals surface area (Å²) in [6, 6.07) is 47.3. The first-order valence-electron chi connectivity index (χ1n) is 19.5. The summed E-state index contributed by atoms with van der Waals surface area (Å²) in [5.41, 5.74) is 6.70. The zero-order valence-corrected chi connectivity index (χ0v) is 25.9. The van der Waals surface area contributed by atoms with Gasteiger partial charge in [-0.25, -0.2) is 0 Å². The fourth-order valence-corrected chi connectivity index (χ4v) is 6.84. The molecule has 0 heterocycles. The summed E-state index contributed by atoms with van der Waals surface area (Å²) in [6.45, 7) is 0. The van der Waals surface area contributed by atoms with Crippen molar-refractivity contribution in [1.82, 2.24) is 0 Å². The maximum Gasteiger partial charge on any atom is 0.0636 e. The minimum atomic E-state index is -0.392. The first-order chi connectivity index (χ1) is 26.7. The van der Waals surface area contributed by atoms with E-state index in [4.69, 9.17) is 2.74 Å². The van der Waals surface area contributed by atoms with Crippen LogP contribution in [-0.2, 0) is 0 Å². The molecule has 0 N–H and O–H groups in total. The van der Waals surface area contributed by atoms with Crippen molar-refractivity contribution < 1.29 is 9.60 Å². The van der Waals surface area contributed by atoms with Gasteiger partial charge in [0.15, 0.2) is 0 Å². The van der Waals surface area contributed by atoms with Crippen LogP contribution in [0.1, 0.15) is 9.60 Å². The lowest BCUT2D eigenvalue weighted by Crippen LogP contribution is -1.93. The molecule has 0 atom stereocenters. The van der Waals surface area contributed by atoms with Gasteiger partial charge in [0.25, 0.3) is 0 Å². The molecular weight excluding hydrogens is 577 g/mol. The first kappa shape index (κ1) is 21.5. The SMILES string of the molecule is [2H]c1c([2H])c([2H])c2c(-c3cccc4ccccc34)c3c([2H])c([2H])c(-c4ccccc4)c([2H])c3c(-c3cc(-c4ccccc4)cc(-c4ccccc4)c3)c2c1[2H]. The Morgan fingerprint density at radius 2 is 0.812 bits per heavy atom. The number of benzene rings is 9. The quantitative estimate of drug-likeness (QED) is 0.169. The third-order valence-corrected chi connectivity index (χ3v) is 9.06. The Labute approximate surface area is 291 Å². The molecule has 0 unspecified atom stereocenters. The Balaban J connectivity index is 1.58. The van der Waals surface area contributed by atoms with Gasteiger partial charge in [-0.15, -0.1) is 0 Å². The van der Waals surface area contributed by atoms with Crippen molar-refractivity contribution in [1.29, 1.82) is 0 Å². The van der Waals surface area contributed by atoms with E-state index >= 15 is 0 Å². The van der Waals surface area contributed by atoms with Crippen LogP contribution in [0.15, 0.2) is 194 Å². The number of rotatable bonds is 5. The smallest absolute Gasteiger partial charge is 0.0622 e. The molecule has 0 fully saturated rings. The maximum atomic E-state index is 10.1. The zero-order chi connectivity index (χ0) is 38.0. The lowest BCUT2D eigenvalue weighted by Gasteiger charge is -2.20. The third-order valence-electron chi connectivity index (χ3n) is 9.06. The van der Waals surface area contributed by atoms with E-state index in [1.165, 1.54) is 0 Å². The van der Waals surface area contributed by atoms with E-state index in [0.29, 0.717) is 38.6 Å². The molecule has 0 radical (unpaired) electrons. The Kier molecular flexibility index (Phi) is 5.31. The molecule has 48 heavy (non-hydrogen) atoms. The predicted molar refractivity (Wildman–Crippen MR) is 206 cm³/mol. The van der Waals surface area contributed by atoms with Gasteiger partial charge in [-0.05, 0) is 112 Å².